The van der Waals surface area contributed by atoms with E-state index in [4.69, 9.17) is 5.73 Å². The standard InChI is InChI=1S/C17H23FN2/c18-17-9-8-16(15(13-17)7-6-10-19)14-20-11-4-2-1-3-5-12-20/h8-9,13H,1-5,10-12,14,19H2. The Morgan fingerprint density at radius 2 is 1.80 bits per heavy atom. The summed E-state index contributed by atoms with van der Waals surface area (Å²) in [4.78, 5) is 2.46. The lowest BCUT2D eigenvalue weighted by Crippen LogP contribution is -2.27. The second kappa shape index (κ2) is 8.04. The van der Waals surface area contributed by atoms with E-state index in [0.29, 0.717) is 6.54 Å². The van der Waals surface area contributed by atoms with Crippen LogP contribution in [0.15, 0.2) is 18.2 Å². The molecule has 1 fully saturated rings. The fraction of sp³-hybridized carbons (Fsp3) is 0.529. The lowest BCUT2D eigenvalue weighted by Gasteiger charge is -2.25. The van der Waals surface area contributed by atoms with E-state index in [9.17, 15) is 4.39 Å². The number of likely N-dealkylation sites (tertiary alicyclic amines) is 1. The minimum Gasteiger partial charge on any atom is -0.320 e. The average Bonchev–Trinajstić information content (AvgIpc) is 2.41. The van der Waals surface area contributed by atoms with Crippen LogP contribution >= 0.6 is 0 Å². The lowest BCUT2D eigenvalue weighted by atomic mass is 10.0. The highest BCUT2D eigenvalue weighted by atomic mass is 19.1. The van der Waals surface area contributed by atoms with Gasteiger partial charge in [-0.25, -0.2) is 4.39 Å². The summed E-state index contributed by atoms with van der Waals surface area (Å²) in [6, 6.07) is 4.89. The van der Waals surface area contributed by atoms with E-state index in [1.54, 1.807) is 0 Å². The first-order valence-electron chi connectivity index (χ1n) is 7.49. The molecule has 0 aliphatic carbocycles. The van der Waals surface area contributed by atoms with Crippen LogP contribution in [0.25, 0.3) is 0 Å². The summed E-state index contributed by atoms with van der Waals surface area (Å²) in [5.74, 6) is 5.58. The van der Waals surface area contributed by atoms with Crippen molar-refractivity contribution in [1.82, 2.24) is 4.90 Å². The summed E-state index contributed by atoms with van der Waals surface area (Å²) < 4.78 is 13.4. The van der Waals surface area contributed by atoms with Crippen LogP contribution in [-0.4, -0.2) is 24.5 Å². The van der Waals surface area contributed by atoms with E-state index in [-0.39, 0.29) is 5.82 Å². The molecule has 1 aromatic carbocycles. The minimum atomic E-state index is -0.234. The SMILES string of the molecule is NCC#Cc1cc(F)ccc1CN1CCCCCCC1. The topological polar surface area (TPSA) is 29.3 Å². The number of nitrogens with two attached hydrogens (primary N) is 1. The molecule has 0 radical (unpaired) electrons. The van der Waals surface area contributed by atoms with Gasteiger partial charge in [0, 0.05) is 12.1 Å². The second-order valence-electron chi connectivity index (χ2n) is 5.35. The van der Waals surface area contributed by atoms with Crippen LogP contribution in [0.3, 0.4) is 0 Å². The van der Waals surface area contributed by atoms with Crippen molar-refractivity contribution in [3.63, 3.8) is 0 Å². The molecule has 2 N–H and O–H groups in total. The summed E-state index contributed by atoms with van der Waals surface area (Å²) in [6.07, 6.45) is 6.51. The Labute approximate surface area is 121 Å². The van der Waals surface area contributed by atoms with Crippen molar-refractivity contribution in [3.8, 4) is 11.8 Å². The number of hydrogen-bond acceptors (Lipinski definition) is 2. The molecule has 108 valence electrons. The molecule has 0 atom stereocenters. The molecule has 1 aromatic rings. The maximum absolute atomic E-state index is 13.4. The van der Waals surface area contributed by atoms with Gasteiger partial charge >= 0.3 is 0 Å². The van der Waals surface area contributed by atoms with Crippen molar-refractivity contribution >= 4 is 0 Å². The molecular formula is C17H23FN2. The lowest BCUT2D eigenvalue weighted by molar-refractivity contribution is 0.239. The molecule has 1 heterocycles. The fourth-order valence-corrected chi connectivity index (χ4v) is 2.66. The Kier molecular flexibility index (Phi) is 6.04. The Hall–Kier alpha value is -1.37. The molecule has 0 saturated carbocycles. The molecule has 0 bridgehead atoms. The first-order valence-corrected chi connectivity index (χ1v) is 7.49. The van der Waals surface area contributed by atoms with E-state index in [1.165, 1.54) is 44.2 Å². The number of hydrogen-bond donors (Lipinski definition) is 1. The maximum Gasteiger partial charge on any atom is 0.124 e. The number of benzene rings is 1. The van der Waals surface area contributed by atoms with Gasteiger partial charge in [0.1, 0.15) is 5.82 Å². The van der Waals surface area contributed by atoms with Gasteiger partial charge in [0.25, 0.3) is 0 Å². The molecule has 3 heteroatoms. The van der Waals surface area contributed by atoms with Crippen LogP contribution in [0.2, 0.25) is 0 Å². The van der Waals surface area contributed by atoms with Gasteiger partial charge in [-0.2, -0.15) is 0 Å². The highest BCUT2D eigenvalue weighted by Gasteiger charge is 2.11. The Morgan fingerprint density at radius 3 is 2.50 bits per heavy atom. The molecule has 0 amide bonds. The average molecular weight is 274 g/mol. The zero-order chi connectivity index (χ0) is 14.2. The molecule has 20 heavy (non-hydrogen) atoms. The number of halogens is 1. The van der Waals surface area contributed by atoms with Gasteiger partial charge in [-0.15, -0.1) is 0 Å². The zero-order valence-corrected chi connectivity index (χ0v) is 12.0. The quantitative estimate of drug-likeness (QED) is 0.840. The molecule has 0 spiro atoms. The van der Waals surface area contributed by atoms with Crippen LogP contribution in [0, 0.1) is 17.7 Å². The van der Waals surface area contributed by atoms with Gasteiger partial charge in [-0.05, 0) is 43.6 Å². The van der Waals surface area contributed by atoms with Gasteiger partial charge in [-0.3, -0.25) is 4.90 Å². The van der Waals surface area contributed by atoms with Crippen LogP contribution in [-0.2, 0) is 6.54 Å². The van der Waals surface area contributed by atoms with Crippen molar-refractivity contribution < 1.29 is 4.39 Å². The smallest absolute Gasteiger partial charge is 0.124 e. The first kappa shape index (κ1) is 15.0. The predicted molar refractivity (Wildman–Crippen MR) is 80.7 cm³/mol. The van der Waals surface area contributed by atoms with Crippen molar-refractivity contribution in [3.05, 3.63) is 35.1 Å². The molecular weight excluding hydrogens is 251 g/mol. The zero-order valence-electron chi connectivity index (χ0n) is 12.0. The van der Waals surface area contributed by atoms with Gasteiger partial charge in [0.05, 0.1) is 6.54 Å². The summed E-state index contributed by atoms with van der Waals surface area (Å²) in [5.41, 5.74) is 7.29. The fourth-order valence-electron chi connectivity index (χ4n) is 2.66. The molecule has 0 unspecified atom stereocenters. The summed E-state index contributed by atoms with van der Waals surface area (Å²) in [6.45, 7) is 3.41. The van der Waals surface area contributed by atoms with E-state index in [0.717, 1.165) is 30.8 Å². The van der Waals surface area contributed by atoms with E-state index in [1.807, 2.05) is 6.07 Å². The Balaban J connectivity index is 2.10. The van der Waals surface area contributed by atoms with Crippen molar-refractivity contribution in [2.24, 2.45) is 5.73 Å². The van der Waals surface area contributed by atoms with E-state index < -0.39 is 0 Å². The molecule has 2 rings (SSSR count). The maximum atomic E-state index is 13.4. The summed E-state index contributed by atoms with van der Waals surface area (Å²) in [5, 5.41) is 0. The molecule has 1 saturated heterocycles. The van der Waals surface area contributed by atoms with Crippen LogP contribution in [0.4, 0.5) is 4.39 Å². The molecule has 0 aromatic heterocycles. The van der Waals surface area contributed by atoms with E-state index >= 15 is 0 Å². The van der Waals surface area contributed by atoms with Gasteiger partial charge in [0.15, 0.2) is 0 Å². The number of nitrogens with zero attached hydrogens (tertiary/aromatic N) is 1. The van der Waals surface area contributed by atoms with Gasteiger partial charge in [0.2, 0.25) is 0 Å². The van der Waals surface area contributed by atoms with Crippen LogP contribution in [0.1, 0.15) is 43.2 Å². The van der Waals surface area contributed by atoms with Crippen molar-refractivity contribution in [1.29, 1.82) is 0 Å². The van der Waals surface area contributed by atoms with Gasteiger partial charge in [-0.1, -0.05) is 37.2 Å². The van der Waals surface area contributed by atoms with Gasteiger partial charge < -0.3 is 5.73 Å². The Morgan fingerprint density at radius 1 is 1.10 bits per heavy atom. The largest absolute Gasteiger partial charge is 0.320 e. The monoisotopic (exact) mass is 274 g/mol. The summed E-state index contributed by atoms with van der Waals surface area (Å²) in [7, 11) is 0. The van der Waals surface area contributed by atoms with Crippen LogP contribution < -0.4 is 5.73 Å². The summed E-state index contributed by atoms with van der Waals surface area (Å²) >= 11 is 0. The molecule has 2 nitrogen and oxygen atoms in total. The van der Waals surface area contributed by atoms with E-state index in [2.05, 4.69) is 16.7 Å². The molecule has 1 aliphatic rings. The number of rotatable bonds is 2. The predicted octanol–water partition coefficient (Wildman–Crippen LogP) is 2.90. The minimum absolute atomic E-state index is 0.234. The normalized spacial score (nSPS) is 16.9. The third kappa shape index (κ3) is 4.63. The first-order chi connectivity index (χ1) is 9.79. The van der Waals surface area contributed by atoms with Crippen LogP contribution in [0.5, 0.6) is 0 Å². The molecule has 1 aliphatic heterocycles. The highest BCUT2D eigenvalue weighted by molar-refractivity contribution is 5.41. The third-order valence-corrected chi connectivity index (χ3v) is 3.74. The van der Waals surface area contributed by atoms with Crippen molar-refractivity contribution in [2.45, 2.75) is 38.6 Å². The second-order valence-corrected chi connectivity index (χ2v) is 5.35. The van der Waals surface area contributed by atoms with Crippen molar-refractivity contribution in [2.75, 3.05) is 19.6 Å². The highest BCUT2D eigenvalue weighted by Crippen LogP contribution is 2.16. The third-order valence-electron chi connectivity index (χ3n) is 3.74. The Bertz CT molecular complexity index is 479.